The number of benzene rings is 2. The van der Waals surface area contributed by atoms with Gasteiger partial charge in [-0.05, 0) is 75.2 Å². The number of allylic oxidation sites excluding steroid dienone is 1. The van der Waals surface area contributed by atoms with Crippen LogP contribution in [0.4, 0.5) is 10.1 Å². The Kier molecular flexibility index (Phi) is 7.07. The molecule has 204 valence electrons. The van der Waals surface area contributed by atoms with Crippen molar-refractivity contribution < 1.29 is 18.8 Å². The van der Waals surface area contributed by atoms with Gasteiger partial charge in [-0.3, -0.25) is 19.5 Å². The van der Waals surface area contributed by atoms with Crippen molar-refractivity contribution in [2.45, 2.75) is 33.7 Å². The number of fused-ring (bicyclic) bond motifs is 1. The van der Waals surface area contributed by atoms with Gasteiger partial charge in [0, 0.05) is 29.2 Å². The number of hydrogen-bond acceptors (Lipinski definition) is 7. The predicted molar refractivity (Wildman–Crippen MR) is 149 cm³/mol. The van der Waals surface area contributed by atoms with Crippen LogP contribution in [0.25, 0.3) is 11.8 Å². The van der Waals surface area contributed by atoms with Crippen LogP contribution in [0.5, 0.6) is 0 Å². The molecular formula is C29H25FN4O5S. The Labute approximate surface area is 232 Å². The second kappa shape index (κ2) is 10.5. The van der Waals surface area contributed by atoms with Gasteiger partial charge in [0.15, 0.2) is 4.80 Å². The van der Waals surface area contributed by atoms with Gasteiger partial charge in [0.05, 0.1) is 33.4 Å². The molecule has 0 saturated carbocycles. The minimum atomic E-state index is -0.828. The van der Waals surface area contributed by atoms with E-state index < -0.39 is 22.8 Å². The van der Waals surface area contributed by atoms with Gasteiger partial charge < -0.3 is 9.30 Å². The zero-order valence-electron chi connectivity index (χ0n) is 22.2. The molecule has 0 fully saturated rings. The van der Waals surface area contributed by atoms with Crippen molar-refractivity contribution in [3.05, 3.63) is 124 Å². The summed E-state index contributed by atoms with van der Waals surface area (Å²) in [4.78, 5) is 42.4. The van der Waals surface area contributed by atoms with E-state index in [1.807, 2.05) is 24.5 Å². The van der Waals surface area contributed by atoms with Crippen LogP contribution in [0, 0.1) is 29.8 Å². The first-order valence-corrected chi connectivity index (χ1v) is 13.3. The molecule has 9 nitrogen and oxygen atoms in total. The highest BCUT2D eigenvalue weighted by molar-refractivity contribution is 7.07. The molecule has 0 N–H and O–H groups in total. The Hall–Kier alpha value is -4.64. The number of hydrogen-bond donors (Lipinski definition) is 0. The van der Waals surface area contributed by atoms with Crippen LogP contribution < -0.4 is 14.9 Å². The molecule has 1 aliphatic heterocycles. The minimum Gasteiger partial charge on any atom is -0.463 e. The highest BCUT2D eigenvalue weighted by Crippen LogP contribution is 2.31. The van der Waals surface area contributed by atoms with Crippen LogP contribution >= 0.6 is 11.3 Å². The molecule has 0 bridgehead atoms. The lowest BCUT2D eigenvalue weighted by Crippen LogP contribution is -2.39. The number of ether oxygens (including phenoxy) is 1. The van der Waals surface area contributed by atoms with Gasteiger partial charge in [0.25, 0.3) is 11.2 Å². The predicted octanol–water partition coefficient (Wildman–Crippen LogP) is 4.25. The van der Waals surface area contributed by atoms with E-state index in [0.717, 1.165) is 22.6 Å². The molecule has 4 aromatic rings. The molecule has 1 aliphatic rings. The number of esters is 1. The first kappa shape index (κ1) is 26.9. The number of aryl methyl sites for hydroxylation is 1. The number of nitro groups is 1. The molecule has 0 saturated heterocycles. The summed E-state index contributed by atoms with van der Waals surface area (Å²) in [6.07, 6.45) is 1.78. The maximum absolute atomic E-state index is 13.8. The second-order valence-electron chi connectivity index (χ2n) is 9.29. The second-order valence-corrected chi connectivity index (χ2v) is 10.3. The summed E-state index contributed by atoms with van der Waals surface area (Å²) in [6, 6.07) is 13.0. The molecule has 2 aromatic heterocycles. The monoisotopic (exact) mass is 560 g/mol. The van der Waals surface area contributed by atoms with Crippen LogP contribution in [0.1, 0.15) is 42.4 Å². The molecule has 2 aromatic carbocycles. The lowest BCUT2D eigenvalue weighted by Gasteiger charge is -2.24. The highest BCUT2D eigenvalue weighted by atomic mass is 32.1. The normalized spacial score (nSPS) is 15.1. The van der Waals surface area contributed by atoms with Crippen molar-refractivity contribution in [3.8, 4) is 5.69 Å². The van der Waals surface area contributed by atoms with E-state index in [-0.39, 0.29) is 23.4 Å². The molecule has 11 heteroatoms. The third kappa shape index (κ3) is 4.68. The largest absolute Gasteiger partial charge is 0.463 e. The van der Waals surface area contributed by atoms with Crippen LogP contribution in [0.2, 0.25) is 0 Å². The maximum atomic E-state index is 13.8. The SMILES string of the molecule is CCOC(=O)C1=C(C)N=c2s/c(=C\c3cc(C)n(-c4ccc([N+](=O)[O-])cc4)c3C)c(=O)n2[C@@H]1c1ccc(F)cc1. The summed E-state index contributed by atoms with van der Waals surface area (Å²) in [5, 5.41) is 11.1. The number of thiazole rings is 1. The Balaban J connectivity index is 1.66. The summed E-state index contributed by atoms with van der Waals surface area (Å²) >= 11 is 1.20. The van der Waals surface area contributed by atoms with Gasteiger partial charge in [0.1, 0.15) is 5.82 Å². The number of carbonyl (C=O) groups excluding carboxylic acids is 1. The van der Waals surface area contributed by atoms with Crippen molar-refractivity contribution >= 4 is 29.1 Å². The van der Waals surface area contributed by atoms with Crippen LogP contribution in [0.15, 0.2) is 75.7 Å². The van der Waals surface area contributed by atoms with Crippen molar-refractivity contribution in [2.75, 3.05) is 6.61 Å². The van der Waals surface area contributed by atoms with Gasteiger partial charge >= 0.3 is 5.97 Å². The maximum Gasteiger partial charge on any atom is 0.338 e. The highest BCUT2D eigenvalue weighted by Gasteiger charge is 2.33. The van der Waals surface area contributed by atoms with Crippen molar-refractivity contribution in [1.82, 2.24) is 9.13 Å². The molecule has 0 spiro atoms. The molecule has 0 amide bonds. The van der Waals surface area contributed by atoms with E-state index in [0.29, 0.717) is 20.6 Å². The van der Waals surface area contributed by atoms with Gasteiger partial charge in [-0.1, -0.05) is 23.5 Å². The molecule has 1 atom stereocenters. The van der Waals surface area contributed by atoms with E-state index in [1.165, 1.54) is 40.2 Å². The average Bonchev–Trinajstić information content (AvgIpc) is 3.37. The molecule has 0 unspecified atom stereocenters. The average molecular weight is 561 g/mol. The van der Waals surface area contributed by atoms with Gasteiger partial charge in [-0.2, -0.15) is 0 Å². The smallest absolute Gasteiger partial charge is 0.338 e. The summed E-state index contributed by atoms with van der Waals surface area (Å²) < 4.78 is 22.9. The third-order valence-corrected chi connectivity index (χ3v) is 7.76. The van der Waals surface area contributed by atoms with E-state index in [1.54, 1.807) is 44.2 Å². The Morgan fingerprint density at radius 2 is 1.82 bits per heavy atom. The molecule has 0 aliphatic carbocycles. The molecule has 0 radical (unpaired) electrons. The lowest BCUT2D eigenvalue weighted by molar-refractivity contribution is -0.384. The fourth-order valence-corrected chi connectivity index (χ4v) is 5.99. The van der Waals surface area contributed by atoms with Crippen molar-refractivity contribution in [2.24, 2.45) is 4.99 Å². The van der Waals surface area contributed by atoms with Crippen LogP contribution in [0.3, 0.4) is 0 Å². The zero-order valence-corrected chi connectivity index (χ0v) is 23.0. The topological polar surface area (TPSA) is 109 Å². The molecular weight excluding hydrogens is 535 g/mol. The van der Waals surface area contributed by atoms with Gasteiger partial charge in [0.2, 0.25) is 0 Å². The molecule has 40 heavy (non-hydrogen) atoms. The number of nitro benzene ring substituents is 1. The van der Waals surface area contributed by atoms with E-state index in [2.05, 4.69) is 4.99 Å². The van der Waals surface area contributed by atoms with Gasteiger partial charge in [-0.25, -0.2) is 14.2 Å². The zero-order chi connectivity index (χ0) is 28.7. The Morgan fingerprint density at radius 3 is 2.45 bits per heavy atom. The number of aromatic nitrogens is 2. The van der Waals surface area contributed by atoms with Crippen LogP contribution in [-0.2, 0) is 9.53 Å². The molecule has 3 heterocycles. The van der Waals surface area contributed by atoms with E-state index in [9.17, 15) is 24.1 Å². The van der Waals surface area contributed by atoms with Gasteiger partial charge in [-0.15, -0.1) is 0 Å². The standard InChI is InChI=1S/C29H25FN4O5S/c1-5-39-28(36)25-17(3)31-29-33(26(25)19-6-8-21(30)9-7-19)27(35)24(40-29)15-20-14-16(2)32(18(20)4)22-10-12-23(13-11-22)34(37)38/h6-15,26H,5H2,1-4H3/b24-15-/t26-/m1/s1. The van der Waals surface area contributed by atoms with Crippen molar-refractivity contribution in [3.63, 3.8) is 0 Å². The quantitative estimate of drug-likeness (QED) is 0.199. The first-order valence-electron chi connectivity index (χ1n) is 12.5. The number of nitrogens with zero attached hydrogens (tertiary/aromatic N) is 4. The summed E-state index contributed by atoms with van der Waals surface area (Å²) in [5.74, 6) is -1.02. The lowest BCUT2D eigenvalue weighted by atomic mass is 9.96. The summed E-state index contributed by atoms with van der Waals surface area (Å²) in [6.45, 7) is 7.36. The van der Waals surface area contributed by atoms with E-state index >= 15 is 0 Å². The fraction of sp³-hybridized carbons (Fsp3) is 0.207. The number of rotatable bonds is 6. The van der Waals surface area contributed by atoms with Crippen LogP contribution in [-0.4, -0.2) is 26.6 Å². The fourth-order valence-electron chi connectivity index (χ4n) is 4.95. The Bertz CT molecular complexity index is 1870. The van der Waals surface area contributed by atoms with E-state index in [4.69, 9.17) is 4.74 Å². The van der Waals surface area contributed by atoms with Crippen molar-refractivity contribution in [1.29, 1.82) is 0 Å². The first-order chi connectivity index (χ1) is 19.1. The Morgan fingerprint density at radius 1 is 1.15 bits per heavy atom. The minimum absolute atomic E-state index is 0.000681. The summed E-state index contributed by atoms with van der Waals surface area (Å²) in [7, 11) is 0. The summed E-state index contributed by atoms with van der Waals surface area (Å²) in [5.41, 5.74) is 4.15. The third-order valence-electron chi connectivity index (χ3n) is 6.78. The number of halogens is 1. The molecule has 5 rings (SSSR count). The number of carbonyl (C=O) groups is 1. The number of non-ortho nitro benzene ring substituents is 1.